The lowest BCUT2D eigenvalue weighted by atomic mass is 9.67. The first-order chi connectivity index (χ1) is 9.65. The van der Waals surface area contributed by atoms with Gasteiger partial charge in [0.25, 0.3) is 0 Å². The summed E-state index contributed by atoms with van der Waals surface area (Å²) in [6.07, 6.45) is 4.76. The molecule has 0 aliphatic heterocycles. The van der Waals surface area contributed by atoms with Crippen molar-refractivity contribution >= 4 is 11.4 Å². The number of hydrogen-bond donors (Lipinski definition) is 0. The number of fused-ring (bicyclic) bond motifs is 3. The molecule has 2 nitrogen and oxygen atoms in total. The van der Waals surface area contributed by atoms with Gasteiger partial charge < -0.3 is 4.74 Å². The zero-order chi connectivity index (χ0) is 14.3. The number of hydrogen-bond acceptors (Lipinski definition) is 2. The standard InChI is InChI=1S/C18H22O2/c1-4-14-16(19)11-18(5-2)9-8-12-10-13(20-3)6-7-15(12)17(14)18/h6-7,10H,4-5,8-9,11H2,1-3H3. The molecule has 0 aromatic heterocycles. The molecule has 2 heteroatoms. The molecule has 1 aromatic carbocycles. The Labute approximate surface area is 120 Å². The van der Waals surface area contributed by atoms with E-state index in [4.69, 9.17) is 4.74 Å². The van der Waals surface area contributed by atoms with Crippen molar-refractivity contribution in [3.05, 3.63) is 34.9 Å². The van der Waals surface area contributed by atoms with Crippen LogP contribution in [0.2, 0.25) is 0 Å². The van der Waals surface area contributed by atoms with E-state index >= 15 is 0 Å². The van der Waals surface area contributed by atoms with Crippen LogP contribution in [0.15, 0.2) is 23.8 Å². The van der Waals surface area contributed by atoms with Gasteiger partial charge in [-0.15, -0.1) is 0 Å². The van der Waals surface area contributed by atoms with E-state index in [-0.39, 0.29) is 5.41 Å². The molecule has 106 valence electrons. The number of carbonyl (C=O) groups is 1. The summed E-state index contributed by atoms with van der Waals surface area (Å²) in [5, 5.41) is 0. The Kier molecular flexibility index (Phi) is 3.19. The Morgan fingerprint density at radius 1 is 1.30 bits per heavy atom. The first kappa shape index (κ1) is 13.4. The van der Waals surface area contributed by atoms with Gasteiger partial charge in [0.15, 0.2) is 5.78 Å². The summed E-state index contributed by atoms with van der Waals surface area (Å²) in [6.45, 7) is 4.32. The summed E-state index contributed by atoms with van der Waals surface area (Å²) in [6, 6.07) is 6.31. The van der Waals surface area contributed by atoms with E-state index in [9.17, 15) is 4.79 Å². The van der Waals surface area contributed by atoms with Crippen LogP contribution in [0.4, 0.5) is 0 Å². The maximum absolute atomic E-state index is 12.4. The van der Waals surface area contributed by atoms with E-state index < -0.39 is 0 Å². The Morgan fingerprint density at radius 3 is 2.75 bits per heavy atom. The van der Waals surface area contributed by atoms with E-state index in [0.29, 0.717) is 12.2 Å². The van der Waals surface area contributed by atoms with Crippen molar-refractivity contribution in [1.82, 2.24) is 0 Å². The molecule has 1 atom stereocenters. The fraction of sp³-hybridized carbons (Fsp3) is 0.500. The number of benzene rings is 1. The van der Waals surface area contributed by atoms with Crippen molar-refractivity contribution in [3.8, 4) is 5.75 Å². The van der Waals surface area contributed by atoms with Crippen LogP contribution in [-0.2, 0) is 11.2 Å². The van der Waals surface area contributed by atoms with Crippen molar-refractivity contribution in [2.24, 2.45) is 5.41 Å². The van der Waals surface area contributed by atoms with E-state index in [2.05, 4.69) is 26.0 Å². The van der Waals surface area contributed by atoms with Gasteiger partial charge in [0, 0.05) is 11.8 Å². The summed E-state index contributed by atoms with van der Waals surface area (Å²) in [5.41, 5.74) is 5.14. The first-order valence-electron chi connectivity index (χ1n) is 7.59. The number of allylic oxidation sites excluding steroid dienone is 2. The van der Waals surface area contributed by atoms with Crippen LogP contribution in [0.1, 0.15) is 50.7 Å². The van der Waals surface area contributed by atoms with Gasteiger partial charge in [0.05, 0.1) is 7.11 Å². The zero-order valence-corrected chi connectivity index (χ0v) is 12.6. The molecule has 0 radical (unpaired) electrons. The van der Waals surface area contributed by atoms with Gasteiger partial charge in [0.1, 0.15) is 5.75 Å². The molecular formula is C18H22O2. The summed E-state index contributed by atoms with van der Waals surface area (Å²) < 4.78 is 5.33. The van der Waals surface area contributed by atoms with Gasteiger partial charge in [-0.1, -0.05) is 19.9 Å². The largest absolute Gasteiger partial charge is 0.497 e. The van der Waals surface area contributed by atoms with Gasteiger partial charge in [0.2, 0.25) is 0 Å². The Morgan fingerprint density at radius 2 is 2.10 bits per heavy atom. The summed E-state index contributed by atoms with van der Waals surface area (Å²) >= 11 is 0. The molecule has 1 aromatic rings. The average molecular weight is 270 g/mol. The van der Waals surface area contributed by atoms with Crippen LogP contribution in [0.5, 0.6) is 5.75 Å². The zero-order valence-electron chi connectivity index (χ0n) is 12.6. The fourth-order valence-electron chi connectivity index (χ4n) is 4.00. The molecule has 0 amide bonds. The van der Waals surface area contributed by atoms with Crippen LogP contribution in [-0.4, -0.2) is 12.9 Å². The smallest absolute Gasteiger partial charge is 0.160 e. The first-order valence-corrected chi connectivity index (χ1v) is 7.59. The van der Waals surface area contributed by atoms with E-state index in [1.807, 2.05) is 6.07 Å². The van der Waals surface area contributed by atoms with Gasteiger partial charge >= 0.3 is 0 Å². The predicted molar refractivity (Wildman–Crippen MR) is 80.9 cm³/mol. The van der Waals surface area contributed by atoms with Crippen molar-refractivity contribution in [1.29, 1.82) is 0 Å². The molecule has 0 spiro atoms. The van der Waals surface area contributed by atoms with Crippen LogP contribution < -0.4 is 4.74 Å². The maximum Gasteiger partial charge on any atom is 0.160 e. The summed E-state index contributed by atoms with van der Waals surface area (Å²) in [7, 11) is 1.71. The minimum Gasteiger partial charge on any atom is -0.497 e. The third kappa shape index (κ3) is 1.74. The van der Waals surface area contributed by atoms with Crippen LogP contribution >= 0.6 is 0 Å². The van der Waals surface area contributed by atoms with E-state index in [0.717, 1.165) is 37.0 Å². The molecule has 3 rings (SSSR count). The summed E-state index contributed by atoms with van der Waals surface area (Å²) in [5.74, 6) is 1.28. The summed E-state index contributed by atoms with van der Waals surface area (Å²) in [4.78, 5) is 12.4. The molecule has 1 unspecified atom stereocenters. The Balaban J connectivity index is 2.21. The number of ketones is 1. The molecule has 0 saturated carbocycles. The minimum atomic E-state index is 0.101. The topological polar surface area (TPSA) is 26.3 Å². The highest BCUT2D eigenvalue weighted by atomic mass is 16.5. The number of rotatable bonds is 3. The Hall–Kier alpha value is -1.57. The highest BCUT2D eigenvalue weighted by Crippen LogP contribution is 2.56. The number of Topliss-reactive ketones (excluding diaryl/α,β-unsaturated/α-hetero) is 1. The van der Waals surface area contributed by atoms with Crippen LogP contribution in [0, 0.1) is 5.41 Å². The molecule has 0 saturated heterocycles. The molecule has 0 heterocycles. The number of aryl methyl sites for hydroxylation is 1. The van der Waals surface area contributed by atoms with Gasteiger partial charge in [-0.3, -0.25) is 4.79 Å². The second kappa shape index (κ2) is 4.76. The highest BCUT2D eigenvalue weighted by molar-refractivity contribution is 6.09. The SMILES string of the molecule is CCC1=C2c3ccc(OC)cc3CCC2(CC)CC1=O. The predicted octanol–water partition coefficient (Wildman–Crippen LogP) is 4.17. The average Bonchev–Trinajstić information content (AvgIpc) is 2.78. The Bertz CT molecular complexity index is 597. The lowest BCUT2D eigenvalue weighted by molar-refractivity contribution is -0.116. The van der Waals surface area contributed by atoms with Crippen molar-refractivity contribution in [2.45, 2.75) is 46.0 Å². The monoisotopic (exact) mass is 270 g/mol. The molecule has 0 fully saturated rings. The lowest BCUT2D eigenvalue weighted by Crippen LogP contribution is -2.25. The van der Waals surface area contributed by atoms with Crippen molar-refractivity contribution < 1.29 is 9.53 Å². The molecule has 0 N–H and O–H groups in total. The van der Waals surface area contributed by atoms with E-state index in [1.54, 1.807) is 7.11 Å². The van der Waals surface area contributed by atoms with Crippen LogP contribution in [0.25, 0.3) is 5.57 Å². The minimum absolute atomic E-state index is 0.101. The number of carbonyl (C=O) groups excluding carboxylic acids is 1. The highest BCUT2D eigenvalue weighted by Gasteiger charge is 2.46. The number of ether oxygens (including phenoxy) is 1. The molecule has 0 bridgehead atoms. The molecular weight excluding hydrogens is 248 g/mol. The fourth-order valence-corrected chi connectivity index (χ4v) is 4.00. The number of methoxy groups -OCH3 is 1. The van der Waals surface area contributed by atoms with Gasteiger partial charge in [-0.2, -0.15) is 0 Å². The second-order valence-corrected chi connectivity index (χ2v) is 5.96. The van der Waals surface area contributed by atoms with Crippen molar-refractivity contribution in [2.75, 3.05) is 7.11 Å². The normalized spacial score (nSPS) is 24.6. The third-order valence-corrected chi connectivity index (χ3v) is 5.15. The maximum atomic E-state index is 12.4. The van der Waals surface area contributed by atoms with E-state index in [1.165, 1.54) is 16.7 Å². The van der Waals surface area contributed by atoms with Gasteiger partial charge in [-0.05, 0) is 60.1 Å². The van der Waals surface area contributed by atoms with Crippen LogP contribution in [0.3, 0.4) is 0 Å². The van der Waals surface area contributed by atoms with Gasteiger partial charge in [-0.25, -0.2) is 0 Å². The lowest BCUT2D eigenvalue weighted by Gasteiger charge is -2.36. The second-order valence-electron chi connectivity index (χ2n) is 5.96. The molecule has 2 aliphatic carbocycles. The van der Waals surface area contributed by atoms with Crippen molar-refractivity contribution in [3.63, 3.8) is 0 Å². The quantitative estimate of drug-likeness (QED) is 0.823. The third-order valence-electron chi connectivity index (χ3n) is 5.15. The molecule has 2 aliphatic rings. The molecule has 20 heavy (non-hydrogen) atoms.